The van der Waals surface area contributed by atoms with Crippen LogP contribution in [-0.4, -0.2) is 39.0 Å². The van der Waals surface area contributed by atoms with Crippen molar-refractivity contribution in [3.8, 4) is 0 Å². The van der Waals surface area contributed by atoms with Crippen LogP contribution in [-0.2, 0) is 14.8 Å². The Bertz CT molecular complexity index is 212. The van der Waals surface area contributed by atoms with Crippen molar-refractivity contribution >= 4 is 28.1 Å². The van der Waals surface area contributed by atoms with Gasteiger partial charge in [0.2, 0.25) is 10.0 Å². The van der Waals surface area contributed by atoms with Crippen LogP contribution in [0.15, 0.2) is 0 Å². The molecule has 0 aromatic rings. The lowest BCUT2D eigenvalue weighted by atomic mass is 10.4. The average Bonchev–Trinajstić information content (AvgIpc) is 1.84. The molecule has 0 bridgehead atoms. The summed E-state index contributed by atoms with van der Waals surface area (Å²) in [6.45, 7) is 0. The van der Waals surface area contributed by atoms with Crippen molar-refractivity contribution in [2.24, 2.45) is 0 Å². The zero-order valence-electron chi connectivity index (χ0n) is 6.40. The number of hydrogen-bond acceptors (Lipinski definition) is 4. The molecule has 66 valence electrons. The van der Waals surface area contributed by atoms with E-state index in [1.165, 1.54) is 11.8 Å². The molecule has 1 atom stereocenters. The molecule has 0 spiro atoms. The fourth-order valence-electron chi connectivity index (χ4n) is 0.556. The summed E-state index contributed by atoms with van der Waals surface area (Å²) in [5, 5.41) is 0. The number of hydrogen-bond donors (Lipinski definition) is 1. The second-order valence-electron chi connectivity index (χ2n) is 2.09. The molecule has 0 rings (SSSR count). The summed E-state index contributed by atoms with van der Waals surface area (Å²) in [6.07, 6.45) is 3.43. The van der Waals surface area contributed by atoms with E-state index in [0.29, 0.717) is 12.0 Å². The van der Waals surface area contributed by atoms with Gasteiger partial charge in [-0.2, -0.15) is 11.8 Å². The first-order valence-electron chi connectivity index (χ1n) is 2.91. The van der Waals surface area contributed by atoms with Crippen LogP contribution in [0.4, 0.5) is 0 Å². The molecule has 11 heavy (non-hydrogen) atoms. The summed E-state index contributed by atoms with van der Waals surface area (Å²) in [6, 6.07) is -0.597. The van der Waals surface area contributed by atoms with Gasteiger partial charge < -0.3 is 4.79 Å². The number of rotatable bonds is 5. The Morgan fingerprint density at radius 3 is 2.45 bits per heavy atom. The third-order valence-corrected chi connectivity index (χ3v) is 2.30. The highest BCUT2D eigenvalue weighted by Crippen LogP contribution is 1.95. The van der Waals surface area contributed by atoms with Crippen molar-refractivity contribution in [3.63, 3.8) is 0 Å². The van der Waals surface area contributed by atoms with Crippen LogP contribution in [0.25, 0.3) is 0 Å². The number of nitrogens with one attached hydrogen (secondary N) is 1. The third kappa shape index (κ3) is 6.33. The van der Waals surface area contributed by atoms with Gasteiger partial charge in [-0.1, -0.05) is 0 Å². The summed E-state index contributed by atoms with van der Waals surface area (Å²) < 4.78 is 23.4. The summed E-state index contributed by atoms with van der Waals surface area (Å²) in [4.78, 5) is 10.2. The predicted molar refractivity (Wildman–Crippen MR) is 46.2 cm³/mol. The molecule has 0 aromatic carbocycles. The van der Waals surface area contributed by atoms with E-state index in [0.717, 1.165) is 6.26 Å². The molecule has 0 saturated carbocycles. The predicted octanol–water partition coefficient (Wildman–Crippen LogP) is -0.534. The Hall–Kier alpha value is -0.0700. The van der Waals surface area contributed by atoms with Crippen LogP contribution in [0, 0.1) is 0 Å². The Kier molecular flexibility index (Phi) is 4.71. The Labute approximate surface area is 70.8 Å². The van der Waals surface area contributed by atoms with Crippen molar-refractivity contribution in [2.45, 2.75) is 6.04 Å². The fraction of sp³-hybridized carbons (Fsp3) is 0.800. The van der Waals surface area contributed by atoms with Crippen LogP contribution >= 0.6 is 11.8 Å². The molecule has 0 aliphatic heterocycles. The average molecular weight is 197 g/mol. The van der Waals surface area contributed by atoms with E-state index in [2.05, 4.69) is 4.72 Å². The highest BCUT2D eigenvalue weighted by Gasteiger charge is 2.10. The molecule has 1 N–H and O–H groups in total. The van der Waals surface area contributed by atoms with Gasteiger partial charge in [0.25, 0.3) is 0 Å². The van der Waals surface area contributed by atoms with Crippen LogP contribution < -0.4 is 4.72 Å². The van der Waals surface area contributed by atoms with Crippen molar-refractivity contribution in [3.05, 3.63) is 0 Å². The molecular weight excluding hydrogens is 186 g/mol. The van der Waals surface area contributed by atoms with E-state index in [9.17, 15) is 13.2 Å². The molecule has 0 saturated heterocycles. The molecule has 0 aliphatic rings. The number of carbonyl (C=O) groups is 1. The zero-order chi connectivity index (χ0) is 8.91. The lowest BCUT2D eigenvalue weighted by Gasteiger charge is -2.07. The van der Waals surface area contributed by atoms with E-state index >= 15 is 0 Å². The van der Waals surface area contributed by atoms with Crippen LogP contribution in [0.1, 0.15) is 0 Å². The second kappa shape index (κ2) is 4.74. The summed E-state index contributed by atoms with van der Waals surface area (Å²) in [7, 11) is -3.25. The van der Waals surface area contributed by atoms with Gasteiger partial charge in [-0.25, -0.2) is 13.1 Å². The summed E-state index contributed by atoms with van der Waals surface area (Å²) in [5.74, 6) is 0.469. The lowest BCUT2D eigenvalue weighted by Crippen LogP contribution is -2.36. The van der Waals surface area contributed by atoms with Gasteiger partial charge >= 0.3 is 0 Å². The zero-order valence-corrected chi connectivity index (χ0v) is 8.04. The lowest BCUT2D eigenvalue weighted by molar-refractivity contribution is -0.108. The molecule has 0 fully saturated rings. The number of carbonyl (C=O) groups excluding carboxylic acids is 1. The smallest absolute Gasteiger partial charge is 0.209 e. The first kappa shape index (κ1) is 10.9. The van der Waals surface area contributed by atoms with E-state index in [-0.39, 0.29) is 0 Å². The van der Waals surface area contributed by atoms with Crippen LogP contribution in [0.2, 0.25) is 0 Å². The summed E-state index contributed by atoms with van der Waals surface area (Å²) in [5.41, 5.74) is 0. The van der Waals surface area contributed by atoms with E-state index in [4.69, 9.17) is 0 Å². The first-order chi connectivity index (χ1) is 4.99. The second-order valence-corrected chi connectivity index (χ2v) is 4.78. The fourth-order valence-corrected chi connectivity index (χ4v) is 1.87. The van der Waals surface area contributed by atoms with Gasteiger partial charge in [0.1, 0.15) is 6.29 Å². The molecule has 0 heterocycles. The van der Waals surface area contributed by atoms with Crippen LogP contribution in [0.5, 0.6) is 0 Å². The van der Waals surface area contributed by atoms with Crippen molar-refractivity contribution < 1.29 is 13.2 Å². The van der Waals surface area contributed by atoms with Crippen LogP contribution in [0.3, 0.4) is 0 Å². The molecule has 0 radical (unpaired) electrons. The van der Waals surface area contributed by atoms with Gasteiger partial charge in [-0.05, 0) is 6.26 Å². The Morgan fingerprint density at radius 1 is 1.64 bits per heavy atom. The maximum atomic E-state index is 10.6. The monoisotopic (exact) mass is 197 g/mol. The minimum atomic E-state index is -3.25. The molecule has 6 heteroatoms. The number of aldehydes is 1. The minimum Gasteiger partial charge on any atom is -0.302 e. The van der Waals surface area contributed by atoms with Crippen molar-refractivity contribution in [1.82, 2.24) is 4.72 Å². The van der Waals surface area contributed by atoms with Crippen molar-refractivity contribution in [2.75, 3.05) is 18.3 Å². The largest absolute Gasteiger partial charge is 0.302 e. The topological polar surface area (TPSA) is 63.2 Å². The normalized spacial score (nSPS) is 14.4. The molecule has 0 amide bonds. The van der Waals surface area contributed by atoms with Gasteiger partial charge in [0.15, 0.2) is 0 Å². The van der Waals surface area contributed by atoms with Gasteiger partial charge in [0.05, 0.1) is 12.3 Å². The molecular formula is C5H11NO3S2. The van der Waals surface area contributed by atoms with E-state index < -0.39 is 16.1 Å². The highest BCUT2D eigenvalue weighted by molar-refractivity contribution is 7.98. The molecule has 0 aliphatic carbocycles. The Morgan fingerprint density at radius 2 is 2.18 bits per heavy atom. The number of sulfonamides is 1. The third-order valence-electron chi connectivity index (χ3n) is 0.876. The van der Waals surface area contributed by atoms with E-state index in [1.807, 2.05) is 0 Å². The first-order valence-corrected chi connectivity index (χ1v) is 6.19. The maximum Gasteiger partial charge on any atom is 0.209 e. The van der Waals surface area contributed by atoms with Crippen molar-refractivity contribution in [1.29, 1.82) is 0 Å². The van der Waals surface area contributed by atoms with Gasteiger partial charge in [-0.3, -0.25) is 0 Å². The minimum absolute atomic E-state index is 0.469. The SMILES string of the molecule is CSC[C@@H](C=O)NS(C)(=O)=O. The molecule has 0 aromatic heterocycles. The molecule has 0 unspecified atom stereocenters. The quantitative estimate of drug-likeness (QED) is 0.602. The van der Waals surface area contributed by atoms with E-state index in [1.54, 1.807) is 6.26 Å². The maximum absolute atomic E-state index is 10.6. The standard InChI is InChI=1S/C5H11NO3S2/c1-10-4-5(3-7)6-11(2,8)9/h3,5-6H,4H2,1-2H3/t5-/m1/s1. The van der Waals surface area contributed by atoms with Gasteiger partial charge in [-0.15, -0.1) is 0 Å². The Balaban J connectivity index is 3.98. The van der Waals surface area contributed by atoms with Gasteiger partial charge in [0, 0.05) is 5.75 Å². The summed E-state index contributed by atoms with van der Waals surface area (Å²) >= 11 is 1.42. The highest BCUT2D eigenvalue weighted by atomic mass is 32.2. The molecule has 4 nitrogen and oxygen atoms in total. The number of thioether (sulfide) groups is 1.